The lowest BCUT2D eigenvalue weighted by atomic mass is 10.1. The van der Waals surface area contributed by atoms with Gasteiger partial charge in [-0.05, 0) is 12.1 Å². The van der Waals surface area contributed by atoms with Crippen molar-refractivity contribution in [3.63, 3.8) is 0 Å². The number of pyridine rings is 1. The Morgan fingerprint density at radius 3 is 2.93 bits per heavy atom. The molecule has 0 bridgehead atoms. The molecule has 1 aromatic carbocycles. The van der Waals surface area contributed by atoms with Crippen LogP contribution < -0.4 is 11.6 Å². The highest BCUT2D eigenvalue weighted by Crippen LogP contribution is 2.26. The van der Waals surface area contributed by atoms with Gasteiger partial charge in [0.25, 0.3) is 0 Å². The van der Waals surface area contributed by atoms with Crippen LogP contribution in [0.3, 0.4) is 0 Å². The van der Waals surface area contributed by atoms with Crippen LogP contribution in [0.2, 0.25) is 0 Å². The van der Waals surface area contributed by atoms with Crippen LogP contribution in [0.4, 0.5) is 5.69 Å². The summed E-state index contributed by atoms with van der Waals surface area (Å²) in [5.74, 6) is 5.77. The molecule has 15 heavy (non-hydrogen) atoms. The number of aromatic nitrogens is 3. The second-order valence-corrected chi connectivity index (χ2v) is 3.39. The SMILES string of the molecule is Nc1cc2cccnc2c2c1ncn2N. The largest absolute Gasteiger partial charge is 0.397 e. The molecule has 3 rings (SSSR count). The van der Waals surface area contributed by atoms with E-state index in [1.54, 1.807) is 6.20 Å². The first-order chi connectivity index (χ1) is 7.27. The maximum Gasteiger partial charge on any atom is 0.118 e. The maximum absolute atomic E-state index is 5.88. The first-order valence-corrected chi connectivity index (χ1v) is 4.52. The number of nitrogens with two attached hydrogens (primary N) is 2. The number of hydrogen-bond acceptors (Lipinski definition) is 4. The lowest BCUT2D eigenvalue weighted by Gasteiger charge is -2.02. The third-order valence-corrected chi connectivity index (χ3v) is 2.44. The average Bonchev–Trinajstić information content (AvgIpc) is 2.62. The van der Waals surface area contributed by atoms with Crippen molar-refractivity contribution in [3.8, 4) is 0 Å². The third-order valence-electron chi connectivity index (χ3n) is 2.44. The number of nitrogen functional groups attached to an aromatic ring is 2. The van der Waals surface area contributed by atoms with Gasteiger partial charge in [-0.15, -0.1) is 0 Å². The van der Waals surface area contributed by atoms with Crippen LogP contribution >= 0.6 is 0 Å². The quantitative estimate of drug-likeness (QED) is 0.416. The fourth-order valence-corrected chi connectivity index (χ4v) is 1.77. The van der Waals surface area contributed by atoms with Gasteiger partial charge in [0.1, 0.15) is 17.4 Å². The van der Waals surface area contributed by atoms with Gasteiger partial charge in [0, 0.05) is 11.6 Å². The second kappa shape index (κ2) is 2.60. The van der Waals surface area contributed by atoms with E-state index in [-0.39, 0.29) is 0 Å². The summed E-state index contributed by atoms with van der Waals surface area (Å²) in [6, 6.07) is 5.67. The molecule has 0 fully saturated rings. The Morgan fingerprint density at radius 1 is 1.20 bits per heavy atom. The molecule has 0 unspecified atom stereocenters. The van der Waals surface area contributed by atoms with Crippen LogP contribution in [-0.4, -0.2) is 14.6 Å². The molecule has 4 N–H and O–H groups in total. The predicted octanol–water partition coefficient (Wildman–Crippen LogP) is 0.881. The molecule has 0 spiro atoms. The number of benzene rings is 1. The summed E-state index contributed by atoms with van der Waals surface area (Å²) in [6.45, 7) is 0. The van der Waals surface area contributed by atoms with Crippen LogP contribution in [-0.2, 0) is 0 Å². The molecule has 2 heterocycles. The van der Waals surface area contributed by atoms with E-state index in [9.17, 15) is 0 Å². The molecular formula is C10H9N5. The first kappa shape index (κ1) is 8.05. The monoisotopic (exact) mass is 199 g/mol. The van der Waals surface area contributed by atoms with Gasteiger partial charge in [0.05, 0.1) is 11.2 Å². The van der Waals surface area contributed by atoms with E-state index in [0.717, 1.165) is 16.4 Å². The molecule has 0 radical (unpaired) electrons. The lowest BCUT2D eigenvalue weighted by Crippen LogP contribution is -2.06. The summed E-state index contributed by atoms with van der Waals surface area (Å²) >= 11 is 0. The van der Waals surface area contributed by atoms with E-state index >= 15 is 0 Å². The van der Waals surface area contributed by atoms with Crippen LogP contribution in [0, 0.1) is 0 Å². The lowest BCUT2D eigenvalue weighted by molar-refractivity contribution is 1.04. The number of anilines is 1. The first-order valence-electron chi connectivity index (χ1n) is 4.52. The number of nitrogens with zero attached hydrogens (tertiary/aromatic N) is 3. The van der Waals surface area contributed by atoms with E-state index in [1.165, 1.54) is 11.0 Å². The molecule has 2 aromatic heterocycles. The molecule has 0 aliphatic rings. The summed E-state index contributed by atoms with van der Waals surface area (Å²) < 4.78 is 1.45. The highest BCUT2D eigenvalue weighted by Gasteiger charge is 2.09. The minimum atomic E-state index is 0.620. The van der Waals surface area contributed by atoms with Gasteiger partial charge in [0.15, 0.2) is 0 Å². The summed E-state index contributed by atoms with van der Waals surface area (Å²) in [4.78, 5) is 8.43. The molecule has 0 saturated carbocycles. The number of fused-ring (bicyclic) bond motifs is 3. The Morgan fingerprint density at radius 2 is 2.07 bits per heavy atom. The van der Waals surface area contributed by atoms with Gasteiger partial charge >= 0.3 is 0 Å². The third kappa shape index (κ3) is 0.969. The summed E-state index contributed by atoms with van der Waals surface area (Å²) in [5.41, 5.74) is 8.78. The molecule has 5 heteroatoms. The predicted molar refractivity (Wildman–Crippen MR) is 59.6 cm³/mol. The fraction of sp³-hybridized carbons (Fsp3) is 0. The Labute approximate surface area is 85.3 Å². The Balaban J connectivity index is 2.67. The molecule has 3 aromatic rings. The van der Waals surface area contributed by atoms with Crippen molar-refractivity contribution in [2.45, 2.75) is 0 Å². The number of hydrogen-bond donors (Lipinski definition) is 2. The van der Waals surface area contributed by atoms with Crippen molar-refractivity contribution in [1.29, 1.82) is 0 Å². The molecule has 0 aliphatic heterocycles. The van der Waals surface area contributed by atoms with Crippen LogP contribution in [0.5, 0.6) is 0 Å². The van der Waals surface area contributed by atoms with E-state index < -0.39 is 0 Å². The topological polar surface area (TPSA) is 82.8 Å². The van der Waals surface area contributed by atoms with E-state index in [0.29, 0.717) is 11.2 Å². The summed E-state index contributed by atoms with van der Waals surface area (Å²) in [6.07, 6.45) is 3.26. The van der Waals surface area contributed by atoms with Crippen LogP contribution in [0.25, 0.3) is 21.9 Å². The molecule has 0 amide bonds. The maximum atomic E-state index is 5.88. The molecule has 74 valence electrons. The normalized spacial score (nSPS) is 11.2. The van der Waals surface area contributed by atoms with Gasteiger partial charge < -0.3 is 11.6 Å². The summed E-state index contributed by atoms with van der Waals surface area (Å²) in [7, 11) is 0. The minimum absolute atomic E-state index is 0.620. The number of rotatable bonds is 0. The molecule has 0 atom stereocenters. The van der Waals surface area contributed by atoms with Gasteiger partial charge in [-0.2, -0.15) is 0 Å². The standard InChI is InChI=1S/C10H9N5/c11-7-4-6-2-1-3-13-8(6)10-9(7)14-5-15(10)12/h1-5H,11-12H2. The smallest absolute Gasteiger partial charge is 0.118 e. The van der Waals surface area contributed by atoms with E-state index in [1.807, 2.05) is 18.2 Å². The van der Waals surface area contributed by atoms with Gasteiger partial charge in [-0.3, -0.25) is 4.98 Å². The molecule has 5 nitrogen and oxygen atoms in total. The highest BCUT2D eigenvalue weighted by atomic mass is 15.3. The van der Waals surface area contributed by atoms with E-state index in [4.69, 9.17) is 11.6 Å². The zero-order chi connectivity index (χ0) is 10.4. The number of imidazole rings is 1. The van der Waals surface area contributed by atoms with E-state index in [2.05, 4.69) is 9.97 Å². The van der Waals surface area contributed by atoms with Crippen molar-refractivity contribution >= 4 is 27.6 Å². The Kier molecular flexibility index (Phi) is 1.39. The fourth-order valence-electron chi connectivity index (χ4n) is 1.77. The van der Waals surface area contributed by atoms with Crippen molar-refractivity contribution in [2.24, 2.45) is 0 Å². The van der Waals surface area contributed by atoms with Gasteiger partial charge in [0.2, 0.25) is 0 Å². The Bertz CT molecular complexity index is 655. The molecule has 0 saturated heterocycles. The Hall–Kier alpha value is -2.30. The van der Waals surface area contributed by atoms with Gasteiger partial charge in [-0.1, -0.05) is 6.07 Å². The summed E-state index contributed by atoms with van der Waals surface area (Å²) in [5, 5.41) is 0.967. The van der Waals surface area contributed by atoms with Gasteiger partial charge in [-0.25, -0.2) is 9.66 Å². The molecule has 0 aliphatic carbocycles. The molecular weight excluding hydrogens is 190 g/mol. The van der Waals surface area contributed by atoms with Crippen LogP contribution in [0.1, 0.15) is 0 Å². The minimum Gasteiger partial charge on any atom is -0.397 e. The zero-order valence-electron chi connectivity index (χ0n) is 7.88. The van der Waals surface area contributed by atoms with Crippen molar-refractivity contribution in [2.75, 3.05) is 11.6 Å². The second-order valence-electron chi connectivity index (χ2n) is 3.39. The van der Waals surface area contributed by atoms with Crippen molar-refractivity contribution < 1.29 is 0 Å². The van der Waals surface area contributed by atoms with Crippen molar-refractivity contribution in [3.05, 3.63) is 30.7 Å². The van der Waals surface area contributed by atoms with Crippen LogP contribution in [0.15, 0.2) is 30.7 Å². The van der Waals surface area contributed by atoms with Crippen molar-refractivity contribution in [1.82, 2.24) is 14.6 Å². The average molecular weight is 199 g/mol. The zero-order valence-corrected chi connectivity index (χ0v) is 7.88. The highest BCUT2D eigenvalue weighted by molar-refractivity contribution is 6.07.